The molecule has 84 valence electrons. The van der Waals surface area contributed by atoms with Gasteiger partial charge in [-0.1, -0.05) is 19.0 Å². The fraction of sp³-hybridized carbons (Fsp3) is 0.889. The van der Waals surface area contributed by atoms with E-state index in [4.69, 9.17) is 10.9 Å². The van der Waals surface area contributed by atoms with Crippen molar-refractivity contribution >= 4 is 17.6 Å². The number of nitrogens with one attached hydrogen (secondary N) is 1. The Bertz CT molecular complexity index is 175. The number of hydrogen-bond donors (Lipinski definition) is 3. The van der Waals surface area contributed by atoms with Crippen molar-refractivity contribution < 1.29 is 5.21 Å². The van der Waals surface area contributed by atoms with Crippen molar-refractivity contribution in [2.24, 2.45) is 16.8 Å². The lowest BCUT2D eigenvalue weighted by atomic mass is 10.1. The van der Waals surface area contributed by atoms with Crippen LogP contribution in [0.4, 0.5) is 0 Å². The van der Waals surface area contributed by atoms with E-state index in [-0.39, 0.29) is 11.9 Å². The molecule has 0 heterocycles. The van der Waals surface area contributed by atoms with Crippen LogP contribution in [0, 0.1) is 5.92 Å². The first-order valence-corrected chi connectivity index (χ1v) is 6.24. The highest BCUT2D eigenvalue weighted by molar-refractivity contribution is 7.98. The molecular formula is C9H21N3OS. The monoisotopic (exact) mass is 219 g/mol. The van der Waals surface area contributed by atoms with Gasteiger partial charge in [0.1, 0.15) is 0 Å². The van der Waals surface area contributed by atoms with Gasteiger partial charge >= 0.3 is 0 Å². The minimum atomic E-state index is -0.00990. The predicted molar refractivity (Wildman–Crippen MR) is 63.0 cm³/mol. The maximum atomic E-state index is 8.52. The molecule has 0 bridgehead atoms. The van der Waals surface area contributed by atoms with E-state index in [2.05, 4.69) is 23.7 Å². The molecular weight excluding hydrogens is 198 g/mol. The topological polar surface area (TPSA) is 70.6 Å². The van der Waals surface area contributed by atoms with Crippen LogP contribution in [0.3, 0.4) is 0 Å². The van der Waals surface area contributed by atoms with Gasteiger partial charge in [-0.2, -0.15) is 11.8 Å². The van der Waals surface area contributed by atoms with Crippen LogP contribution in [0.25, 0.3) is 0 Å². The van der Waals surface area contributed by atoms with Gasteiger partial charge in [0.15, 0.2) is 5.84 Å². The van der Waals surface area contributed by atoms with Crippen molar-refractivity contribution in [3.8, 4) is 0 Å². The van der Waals surface area contributed by atoms with Gasteiger partial charge in [-0.05, 0) is 30.9 Å². The highest BCUT2D eigenvalue weighted by atomic mass is 32.2. The Morgan fingerprint density at radius 2 is 2.29 bits per heavy atom. The molecule has 0 aliphatic carbocycles. The van der Waals surface area contributed by atoms with Gasteiger partial charge in [-0.15, -0.1) is 0 Å². The Morgan fingerprint density at radius 3 is 2.71 bits per heavy atom. The average Bonchev–Trinajstić information content (AvgIpc) is 2.18. The zero-order chi connectivity index (χ0) is 11.0. The summed E-state index contributed by atoms with van der Waals surface area (Å²) in [6, 6.07) is -0.00990. The van der Waals surface area contributed by atoms with Gasteiger partial charge in [-0.25, -0.2) is 0 Å². The molecule has 4 N–H and O–H groups in total. The molecule has 0 aliphatic rings. The lowest BCUT2D eigenvalue weighted by Gasteiger charge is -2.18. The first-order valence-electron chi connectivity index (χ1n) is 4.85. The van der Waals surface area contributed by atoms with Crippen molar-refractivity contribution in [3.63, 3.8) is 0 Å². The molecule has 0 rings (SSSR count). The lowest BCUT2D eigenvalue weighted by Crippen LogP contribution is -2.43. The molecule has 0 saturated carbocycles. The fourth-order valence-corrected chi connectivity index (χ4v) is 1.90. The van der Waals surface area contributed by atoms with Gasteiger partial charge in [0.2, 0.25) is 0 Å². The zero-order valence-electron chi connectivity index (χ0n) is 9.16. The van der Waals surface area contributed by atoms with Crippen molar-refractivity contribution in [3.05, 3.63) is 0 Å². The highest BCUT2D eigenvalue weighted by Gasteiger charge is 2.11. The van der Waals surface area contributed by atoms with Crippen LogP contribution in [0.5, 0.6) is 0 Å². The highest BCUT2D eigenvalue weighted by Crippen LogP contribution is 2.03. The number of oxime groups is 1. The SMILES string of the molecule is CCC(NCC(C)CSC)C(N)=NO. The minimum Gasteiger partial charge on any atom is -0.409 e. The smallest absolute Gasteiger partial charge is 0.156 e. The Balaban J connectivity index is 3.84. The molecule has 4 nitrogen and oxygen atoms in total. The van der Waals surface area contributed by atoms with Crippen LogP contribution >= 0.6 is 11.8 Å². The second kappa shape index (κ2) is 7.94. The summed E-state index contributed by atoms with van der Waals surface area (Å²) >= 11 is 1.83. The maximum absolute atomic E-state index is 8.52. The fourth-order valence-electron chi connectivity index (χ4n) is 1.21. The standard InChI is InChI=1S/C9H21N3OS/c1-4-8(9(10)12-13)11-5-7(2)6-14-3/h7-8,11,13H,4-6H2,1-3H3,(H2,10,12). The molecule has 0 aliphatic heterocycles. The summed E-state index contributed by atoms with van der Waals surface area (Å²) in [5, 5.41) is 14.8. The minimum absolute atomic E-state index is 0.00990. The van der Waals surface area contributed by atoms with Crippen LogP contribution < -0.4 is 11.1 Å². The van der Waals surface area contributed by atoms with Gasteiger partial charge in [-0.3, -0.25) is 0 Å². The van der Waals surface area contributed by atoms with Crippen molar-refractivity contribution in [1.29, 1.82) is 0 Å². The molecule has 0 amide bonds. The summed E-state index contributed by atoms with van der Waals surface area (Å²) in [6.07, 6.45) is 2.93. The number of thioether (sulfide) groups is 1. The van der Waals surface area contributed by atoms with Crippen LogP contribution in [-0.4, -0.2) is 35.6 Å². The number of nitrogens with two attached hydrogens (primary N) is 1. The second-order valence-corrected chi connectivity index (χ2v) is 4.37. The number of hydrogen-bond acceptors (Lipinski definition) is 4. The van der Waals surface area contributed by atoms with Crippen LogP contribution in [0.1, 0.15) is 20.3 Å². The van der Waals surface area contributed by atoms with Crippen LogP contribution in [0.15, 0.2) is 5.16 Å². The van der Waals surface area contributed by atoms with Gasteiger partial charge < -0.3 is 16.3 Å². The van der Waals surface area contributed by atoms with E-state index in [0.717, 1.165) is 18.7 Å². The quantitative estimate of drug-likeness (QED) is 0.259. The van der Waals surface area contributed by atoms with E-state index in [1.807, 2.05) is 18.7 Å². The number of nitrogens with zero attached hydrogens (tertiary/aromatic N) is 1. The molecule has 2 unspecified atom stereocenters. The Labute approximate surface area is 90.3 Å². The van der Waals surface area contributed by atoms with E-state index >= 15 is 0 Å². The van der Waals surface area contributed by atoms with E-state index in [0.29, 0.717) is 5.92 Å². The molecule has 0 radical (unpaired) electrons. The molecule has 0 spiro atoms. The Morgan fingerprint density at radius 1 is 1.64 bits per heavy atom. The first-order chi connectivity index (χ1) is 6.65. The van der Waals surface area contributed by atoms with E-state index in [1.54, 1.807) is 0 Å². The molecule has 0 fully saturated rings. The predicted octanol–water partition coefficient (Wildman–Crippen LogP) is 1.10. The second-order valence-electron chi connectivity index (χ2n) is 3.45. The van der Waals surface area contributed by atoms with Crippen molar-refractivity contribution in [1.82, 2.24) is 5.32 Å². The molecule has 0 aromatic heterocycles. The molecule has 2 atom stereocenters. The number of amidine groups is 1. The summed E-state index contributed by atoms with van der Waals surface area (Å²) in [6.45, 7) is 5.09. The van der Waals surface area contributed by atoms with E-state index < -0.39 is 0 Å². The third-order valence-corrected chi connectivity index (χ3v) is 2.95. The summed E-state index contributed by atoms with van der Waals surface area (Å²) < 4.78 is 0. The van der Waals surface area contributed by atoms with Gasteiger partial charge in [0.25, 0.3) is 0 Å². The lowest BCUT2D eigenvalue weighted by molar-refractivity contribution is 0.314. The summed E-state index contributed by atoms with van der Waals surface area (Å²) in [4.78, 5) is 0. The first kappa shape index (κ1) is 13.6. The molecule has 14 heavy (non-hydrogen) atoms. The normalized spacial score (nSPS) is 16.6. The van der Waals surface area contributed by atoms with Crippen LogP contribution in [0.2, 0.25) is 0 Å². The number of rotatable bonds is 7. The van der Waals surface area contributed by atoms with Gasteiger partial charge in [0, 0.05) is 0 Å². The summed E-state index contributed by atoms with van der Waals surface area (Å²) in [5.74, 6) is 1.99. The van der Waals surface area contributed by atoms with Crippen LogP contribution in [-0.2, 0) is 0 Å². The third-order valence-electron chi connectivity index (χ3n) is 2.04. The molecule has 0 saturated heterocycles. The Kier molecular flexibility index (Phi) is 7.70. The van der Waals surface area contributed by atoms with Crippen molar-refractivity contribution in [2.75, 3.05) is 18.6 Å². The zero-order valence-corrected chi connectivity index (χ0v) is 9.97. The third kappa shape index (κ3) is 5.34. The summed E-state index contributed by atoms with van der Waals surface area (Å²) in [5.41, 5.74) is 5.52. The molecule has 5 heteroatoms. The maximum Gasteiger partial charge on any atom is 0.156 e. The van der Waals surface area contributed by atoms with E-state index in [9.17, 15) is 0 Å². The average molecular weight is 219 g/mol. The summed E-state index contributed by atoms with van der Waals surface area (Å²) in [7, 11) is 0. The Hall–Kier alpha value is -0.420. The van der Waals surface area contributed by atoms with E-state index in [1.165, 1.54) is 0 Å². The largest absolute Gasteiger partial charge is 0.409 e. The van der Waals surface area contributed by atoms with Gasteiger partial charge in [0.05, 0.1) is 6.04 Å². The van der Waals surface area contributed by atoms with Crippen molar-refractivity contribution in [2.45, 2.75) is 26.3 Å². The molecule has 0 aromatic carbocycles. The molecule has 0 aromatic rings.